The number of phenols is 1. The quantitative estimate of drug-likeness (QED) is 0.674. The van der Waals surface area contributed by atoms with Crippen LogP contribution in [-0.4, -0.2) is 48.1 Å². The van der Waals surface area contributed by atoms with Crippen molar-refractivity contribution in [1.82, 2.24) is 15.1 Å². The van der Waals surface area contributed by atoms with Crippen molar-refractivity contribution >= 4 is 0 Å². The second kappa shape index (κ2) is 9.50. The van der Waals surface area contributed by atoms with E-state index in [0.717, 1.165) is 75.1 Å². The summed E-state index contributed by atoms with van der Waals surface area (Å²) in [5.41, 5.74) is 2.83. The van der Waals surface area contributed by atoms with E-state index in [1.807, 2.05) is 24.3 Å². The molecule has 2 fully saturated rings. The van der Waals surface area contributed by atoms with Crippen molar-refractivity contribution in [3.8, 4) is 5.75 Å². The molecule has 2 aromatic carbocycles. The summed E-state index contributed by atoms with van der Waals surface area (Å²) < 4.78 is 14.9. The van der Waals surface area contributed by atoms with Crippen molar-refractivity contribution in [3.05, 3.63) is 65.0 Å². The van der Waals surface area contributed by atoms with Gasteiger partial charge in [-0.25, -0.2) is 4.39 Å². The third kappa shape index (κ3) is 5.33. The van der Waals surface area contributed by atoms with Gasteiger partial charge in [-0.1, -0.05) is 38.1 Å². The summed E-state index contributed by atoms with van der Waals surface area (Å²) in [6.45, 7) is 10.2. The van der Waals surface area contributed by atoms with E-state index in [0.29, 0.717) is 17.7 Å². The zero-order chi connectivity index (χ0) is 22.8. The normalized spacial score (nSPS) is 21.5. The molecule has 1 heterocycles. The van der Waals surface area contributed by atoms with Crippen molar-refractivity contribution in [1.29, 1.82) is 0 Å². The van der Waals surface area contributed by atoms with E-state index >= 15 is 0 Å². The molecule has 0 bridgehead atoms. The third-order valence-electron chi connectivity index (χ3n) is 7.61. The van der Waals surface area contributed by atoms with Crippen LogP contribution in [0.2, 0.25) is 0 Å². The second-order valence-electron chi connectivity index (χ2n) is 10.6. The molecule has 0 aromatic heterocycles. The van der Waals surface area contributed by atoms with Crippen molar-refractivity contribution in [2.75, 3.05) is 33.2 Å². The van der Waals surface area contributed by atoms with E-state index in [4.69, 9.17) is 0 Å². The van der Waals surface area contributed by atoms with Crippen LogP contribution in [0.3, 0.4) is 0 Å². The highest BCUT2D eigenvalue weighted by Crippen LogP contribution is 2.46. The van der Waals surface area contributed by atoms with Gasteiger partial charge in [0.2, 0.25) is 0 Å². The Kier molecular flexibility index (Phi) is 6.89. The second-order valence-corrected chi connectivity index (χ2v) is 10.6. The van der Waals surface area contributed by atoms with E-state index < -0.39 is 0 Å². The molecule has 4 rings (SSSR count). The summed E-state index contributed by atoms with van der Waals surface area (Å²) >= 11 is 0. The number of hydrogen-bond donors (Lipinski definition) is 2. The predicted octanol–water partition coefficient (Wildman–Crippen LogP) is 4.86. The maximum absolute atomic E-state index is 14.9. The number of nitrogens with zero attached hydrogens (tertiary/aromatic N) is 2. The Morgan fingerprint density at radius 3 is 2.34 bits per heavy atom. The molecule has 1 aliphatic carbocycles. The van der Waals surface area contributed by atoms with Crippen LogP contribution in [0.1, 0.15) is 56.2 Å². The number of likely N-dealkylation sites (N-methyl/N-ethyl adjacent to an activating group) is 1. The summed E-state index contributed by atoms with van der Waals surface area (Å²) in [6, 6.07) is 13.1. The number of aromatic hydroxyl groups is 1. The number of nitrogens with one attached hydrogen (secondary N) is 1. The van der Waals surface area contributed by atoms with Gasteiger partial charge in [-0.05, 0) is 61.9 Å². The molecule has 0 unspecified atom stereocenters. The monoisotopic (exact) mass is 439 g/mol. The highest BCUT2D eigenvalue weighted by atomic mass is 19.1. The van der Waals surface area contributed by atoms with Crippen LogP contribution in [0, 0.1) is 11.2 Å². The Labute approximate surface area is 192 Å². The fraction of sp³-hybridized carbons (Fsp3) is 0.556. The zero-order valence-electron chi connectivity index (χ0n) is 19.8. The molecule has 0 radical (unpaired) electrons. The van der Waals surface area contributed by atoms with Crippen molar-refractivity contribution in [2.45, 2.75) is 58.2 Å². The van der Waals surface area contributed by atoms with Crippen molar-refractivity contribution < 1.29 is 9.50 Å². The molecule has 32 heavy (non-hydrogen) atoms. The first-order chi connectivity index (χ1) is 15.3. The van der Waals surface area contributed by atoms with Crippen LogP contribution < -0.4 is 5.32 Å². The van der Waals surface area contributed by atoms with Gasteiger partial charge in [0.25, 0.3) is 0 Å². The lowest BCUT2D eigenvalue weighted by Gasteiger charge is -2.45. The first kappa shape index (κ1) is 23.2. The maximum Gasteiger partial charge on any atom is 0.128 e. The number of rotatable bonds is 6. The number of benzene rings is 2. The lowest BCUT2D eigenvalue weighted by atomic mass is 9.67. The van der Waals surface area contributed by atoms with Gasteiger partial charge in [0.05, 0.1) is 0 Å². The molecule has 2 aromatic rings. The molecule has 0 spiro atoms. The molecule has 2 aliphatic rings. The maximum atomic E-state index is 14.9. The average Bonchev–Trinajstić information content (AvgIpc) is 2.77. The van der Waals surface area contributed by atoms with Gasteiger partial charge in [0.15, 0.2) is 0 Å². The Hall–Kier alpha value is -1.95. The molecule has 1 saturated heterocycles. The Morgan fingerprint density at radius 2 is 1.66 bits per heavy atom. The minimum Gasteiger partial charge on any atom is -0.508 e. The number of hydrogen-bond acceptors (Lipinski definition) is 4. The van der Waals surface area contributed by atoms with E-state index in [9.17, 15) is 9.50 Å². The fourth-order valence-corrected chi connectivity index (χ4v) is 5.14. The lowest BCUT2D eigenvalue weighted by molar-refractivity contribution is 0.129. The molecule has 0 amide bonds. The smallest absolute Gasteiger partial charge is 0.128 e. The van der Waals surface area contributed by atoms with Crippen LogP contribution >= 0.6 is 0 Å². The molecule has 1 saturated carbocycles. The number of phenolic OH excluding ortho intramolecular Hbond substituents is 1. The van der Waals surface area contributed by atoms with Gasteiger partial charge in [0.1, 0.15) is 11.6 Å². The largest absolute Gasteiger partial charge is 0.508 e. The summed E-state index contributed by atoms with van der Waals surface area (Å²) in [5.74, 6) is 0.233. The predicted molar refractivity (Wildman–Crippen MR) is 128 cm³/mol. The number of piperazine rings is 1. The molecule has 0 atom stereocenters. The van der Waals surface area contributed by atoms with Crippen LogP contribution in [-0.2, 0) is 18.6 Å². The van der Waals surface area contributed by atoms with Crippen molar-refractivity contribution in [2.24, 2.45) is 5.41 Å². The molecular formula is C27H38FN3O. The Morgan fingerprint density at radius 1 is 0.969 bits per heavy atom. The standard InChI is InChI=1S/C27H38FN3O/c1-26(2)10-12-27(13-11-26,23-6-4-5-7-24(23)28)29-19-21-8-9-25(32)22(18-21)20-31-16-14-30(3)15-17-31/h4-9,18,29,32H,10-17,19-20H2,1-3H3. The lowest BCUT2D eigenvalue weighted by Crippen LogP contribution is -2.47. The SMILES string of the molecule is CN1CCN(Cc2cc(CNC3(c4ccccc4F)CCC(C)(C)CC3)ccc2O)CC1. The summed E-state index contributed by atoms with van der Waals surface area (Å²) in [7, 11) is 2.15. The molecule has 5 heteroatoms. The first-order valence-corrected chi connectivity index (χ1v) is 12.0. The summed E-state index contributed by atoms with van der Waals surface area (Å²) in [5, 5.41) is 14.2. The van der Waals surface area contributed by atoms with Gasteiger partial charge in [-0.15, -0.1) is 0 Å². The number of halogens is 1. The Bertz CT molecular complexity index is 911. The summed E-state index contributed by atoms with van der Waals surface area (Å²) in [6.07, 6.45) is 3.98. The van der Waals surface area contributed by atoms with Crippen LogP contribution in [0.15, 0.2) is 42.5 Å². The Balaban J connectivity index is 1.50. The molecule has 1 aliphatic heterocycles. The van der Waals surface area contributed by atoms with Gasteiger partial charge in [0, 0.05) is 55.9 Å². The minimum absolute atomic E-state index is 0.124. The molecular weight excluding hydrogens is 401 g/mol. The van der Waals surface area contributed by atoms with Crippen LogP contribution in [0.4, 0.5) is 4.39 Å². The molecule has 2 N–H and O–H groups in total. The average molecular weight is 440 g/mol. The van der Waals surface area contributed by atoms with Crippen molar-refractivity contribution in [3.63, 3.8) is 0 Å². The molecule has 174 valence electrons. The van der Waals surface area contributed by atoms with Gasteiger partial charge in [-0.2, -0.15) is 0 Å². The molecule has 4 nitrogen and oxygen atoms in total. The van der Waals surface area contributed by atoms with Crippen LogP contribution in [0.5, 0.6) is 5.75 Å². The van der Waals surface area contributed by atoms with Gasteiger partial charge >= 0.3 is 0 Å². The third-order valence-corrected chi connectivity index (χ3v) is 7.61. The van der Waals surface area contributed by atoms with E-state index in [1.54, 1.807) is 12.1 Å². The van der Waals surface area contributed by atoms with Gasteiger partial charge < -0.3 is 15.3 Å². The van der Waals surface area contributed by atoms with E-state index in [-0.39, 0.29) is 11.4 Å². The van der Waals surface area contributed by atoms with E-state index in [2.05, 4.69) is 42.1 Å². The van der Waals surface area contributed by atoms with E-state index in [1.165, 1.54) is 0 Å². The highest BCUT2D eigenvalue weighted by Gasteiger charge is 2.40. The zero-order valence-corrected chi connectivity index (χ0v) is 19.8. The van der Waals surface area contributed by atoms with Gasteiger partial charge in [-0.3, -0.25) is 4.90 Å². The highest BCUT2D eigenvalue weighted by molar-refractivity contribution is 5.36. The fourth-order valence-electron chi connectivity index (χ4n) is 5.14. The first-order valence-electron chi connectivity index (χ1n) is 12.0. The summed E-state index contributed by atoms with van der Waals surface area (Å²) in [4.78, 5) is 4.74. The van der Waals surface area contributed by atoms with Crippen LogP contribution in [0.25, 0.3) is 0 Å². The topological polar surface area (TPSA) is 38.7 Å². The minimum atomic E-state index is -0.351.